The molecule has 0 unspecified atom stereocenters. The number of carbonyl (C=O) groups is 1. The van der Waals surface area contributed by atoms with Crippen molar-refractivity contribution in [1.82, 2.24) is 10.4 Å². The first-order chi connectivity index (χ1) is 8.56. The largest absolute Gasteiger partial charge is 0.433 e. The summed E-state index contributed by atoms with van der Waals surface area (Å²) in [5.74, 6) is -0.288. The van der Waals surface area contributed by atoms with E-state index in [4.69, 9.17) is 4.42 Å². The summed E-state index contributed by atoms with van der Waals surface area (Å²) >= 11 is 1.24. The van der Waals surface area contributed by atoms with Crippen molar-refractivity contribution >= 4 is 28.3 Å². The van der Waals surface area contributed by atoms with Crippen LogP contribution in [0.1, 0.15) is 6.92 Å². The standard InChI is InChI=1S/C9H8N4O4S/c1-5(14)11-12-9-10-6(4-18-9)7-2-3-8(17-7)13(15)16/h2-4H,1H3,(H,10,12)(H,11,14). The molecule has 2 heterocycles. The lowest BCUT2D eigenvalue weighted by Gasteiger charge is -1.99. The third-order valence-corrected chi connectivity index (χ3v) is 2.63. The highest BCUT2D eigenvalue weighted by atomic mass is 32.1. The van der Waals surface area contributed by atoms with Crippen LogP contribution in [0.15, 0.2) is 21.9 Å². The van der Waals surface area contributed by atoms with Crippen LogP contribution in [-0.4, -0.2) is 15.8 Å². The van der Waals surface area contributed by atoms with Crippen LogP contribution >= 0.6 is 11.3 Å². The van der Waals surface area contributed by atoms with Gasteiger partial charge in [0.2, 0.25) is 11.0 Å². The Morgan fingerprint density at radius 1 is 1.56 bits per heavy atom. The lowest BCUT2D eigenvalue weighted by molar-refractivity contribution is -0.401. The number of carbonyl (C=O) groups excluding carboxylic acids is 1. The Morgan fingerprint density at radius 3 is 2.94 bits per heavy atom. The van der Waals surface area contributed by atoms with Crippen LogP contribution in [-0.2, 0) is 4.79 Å². The van der Waals surface area contributed by atoms with Gasteiger partial charge in [-0.05, 0) is 6.07 Å². The van der Waals surface area contributed by atoms with E-state index in [1.807, 2.05) is 0 Å². The summed E-state index contributed by atoms with van der Waals surface area (Å²) in [6.07, 6.45) is 0. The van der Waals surface area contributed by atoms with Crippen LogP contribution in [0, 0.1) is 10.1 Å². The average molecular weight is 268 g/mol. The van der Waals surface area contributed by atoms with E-state index in [0.29, 0.717) is 16.6 Å². The van der Waals surface area contributed by atoms with E-state index in [9.17, 15) is 14.9 Å². The first kappa shape index (κ1) is 12.0. The summed E-state index contributed by atoms with van der Waals surface area (Å²) in [7, 11) is 0. The first-order valence-electron chi connectivity index (χ1n) is 4.79. The van der Waals surface area contributed by atoms with E-state index in [0.717, 1.165) is 0 Å². The van der Waals surface area contributed by atoms with Crippen LogP contribution in [0.3, 0.4) is 0 Å². The van der Waals surface area contributed by atoms with Crippen molar-refractivity contribution < 1.29 is 14.1 Å². The number of hydrogen-bond acceptors (Lipinski definition) is 7. The molecule has 0 saturated carbocycles. The molecule has 8 nitrogen and oxygen atoms in total. The van der Waals surface area contributed by atoms with Gasteiger partial charge < -0.3 is 4.42 Å². The Kier molecular flexibility index (Phi) is 3.24. The van der Waals surface area contributed by atoms with Gasteiger partial charge in [-0.1, -0.05) is 0 Å². The van der Waals surface area contributed by atoms with Crippen LogP contribution in [0.2, 0.25) is 0 Å². The molecule has 0 saturated heterocycles. The monoisotopic (exact) mass is 268 g/mol. The van der Waals surface area contributed by atoms with Gasteiger partial charge in [0.25, 0.3) is 0 Å². The van der Waals surface area contributed by atoms with Gasteiger partial charge in [-0.25, -0.2) is 4.98 Å². The fourth-order valence-corrected chi connectivity index (χ4v) is 1.80. The van der Waals surface area contributed by atoms with Crippen molar-refractivity contribution in [3.63, 3.8) is 0 Å². The maximum atomic E-state index is 10.7. The van der Waals surface area contributed by atoms with Crippen LogP contribution in [0.4, 0.5) is 11.0 Å². The SMILES string of the molecule is CC(=O)NNc1nc(-c2ccc([N+](=O)[O-])o2)cs1. The van der Waals surface area contributed by atoms with Crippen LogP contribution in [0.5, 0.6) is 0 Å². The second-order valence-corrected chi connectivity index (χ2v) is 4.10. The molecule has 0 bridgehead atoms. The summed E-state index contributed by atoms with van der Waals surface area (Å²) in [5.41, 5.74) is 5.43. The minimum absolute atomic E-state index is 0.250. The number of thiazole rings is 1. The molecule has 0 radical (unpaired) electrons. The molecule has 1 amide bonds. The minimum atomic E-state index is -0.619. The van der Waals surface area contributed by atoms with E-state index in [-0.39, 0.29) is 11.8 Å². The van der Waals surface area contributed by atoms with E-state index < -0.39 is 4.92 Å². The molecule has 18 heavy (non-hydrogen) atoms. The van der Waals surface area contributed by atoms with E-state index >= 15 is 0 Å². The molecule has 9 heteroatoms. The molecule has 2 aromatic rings. The normalized spacial score (nSPS) is 10.1. The van der Waals surface area contributed by atoms with Crippen molar-refractivity contribution in [3.8, 4) is 11.5 Å². The highest BCUT2D eigenvalue weighted by molar-refractivity contribution is 7.14. The van der Waals surface area contributed by atoms with Crippen molar-refractivity contribution in [2.75, 3.05) is 5.43 Å². The van der Waals surface area contributed by atoms with Crippen molar-refractivity contribution in [3.05, 3.63) is 27.6 Å². The lowest BCUT2D eigenvalue weighted by atomic mass is 10.4. The van der Waals surface area contributed by atoms with Gasteiger partial charge in [-0.3, -0.25) is 25.8 Å². The highest BCUT2D eigenvalue weighted by Crippen LogP contribution is 2.28. The van der Waals surface area contributed by atoms with Crippen molar-refractivity contribution in [2.45, 2.75) is 6.92 Å². The fraction of sp³-hybridized carbons (Fsp3) is 0.111. The summed E-state index contributed by atoms with van der Waals surface area (Å²) in [4.78, 5) is 24.6. The molecule has 0 fully saturated rings. The van der Waals surface area contributed by atoms with Crippen LogP contribution < -0.4 is 10.9 Å². The number of nitrogens with zero attached hydrogens (tertiary/aromatic N) is 2. The Labute approximate surface area is 105 Å². The number of aromatic nitrogens is 1. The van der Waals surface area contributed by atoms with Gasteiger partial charge in [-0.15, -0.1) is 11.3 Å². The van der Waals surface area contributed by atoms with Crippen molar-refractivity contribution in [2.24, 2.45) is 0 Å². The van der Waals surface area contributed by atoms with Gasteiger partial charge in [0.05, 0.1) is 6.07 Å². The van der Waals surface area contributed by atoms with Gasteiger partial charge in [0.1, 0.15) is 10.6 Å². The van der Waals surface area contributed by atoms with Gasteiger partial charge >= 0.3 is 5.88 Å². The molecule has 0 aliphatic heterocycles. The molecule has 2 aromatic heterocycles. The minimum Gasteiger partial charge on any atom is -0.399 e. The maximum Gasteiger partial charge on any atom is 0.433 e. The molecule has 2 rings (SSSR count). The highest BCUT2D eigenvalue weighted by Gasteiger charge is 2.15. The number of amides is 1. The van der Waals surface area contributed by atoms with E-state index in [1.165, 1.54) is 30.4 Å². The molecule has 0 aliphatic rings. The maximum absolute atomic E-state index is 10.7. The van der Waals surface area contributed by atoms with Crippen LogP contribution in [0.25, 0.3) is 11.5 Å². The zero-order valence-corrected chi connectivity index (χ0v) is 9.98. The number of anilines is 1. The summed E-state index contributed by atoms with van der Waals surface area (Å²) < 4.78 is 5.00. The third kappa shape index (κ3) is 2.63. The first-order valence-corrected chi connectivity index (χ1v) is 5.67. The quantitative estimate of drug-likeness (QED) is 0.645. The summed E-state index contributed by atoms with van der Waals surface area (Å²) in [6.45, 7) is 1.36. The zero-order chi connectivity index (χ0) is 13.1. The smallest absolute Gasteiger partial charge is 0.399 e. The molecule has 0 atom stereocenters. The van der Waals surface area contributed by atoms with Gasteiger partial charge in [-0.2, -0.15) is 0 Å². The number of furan rings is 1. The summed E-state index contributed by atoms with van der Waals surface area (Å²) in [6, 6.07) is 2.73. The number of hydrazine groups is 1. The number of nitrogens with one attached hydrogen (secondary N) is 2. The van der Waals surface area contributed by atoms with Gasteiger partial charge in [0.15, 0.2) is 5.76 Å². The number of hydrogen-bond donors (Lipinski definition) is 2. The molecule has 0 aromatic carbocycles. The third-order valence-electron chi connectivity index (χ3n) is 1.87. The Hall–Kier alpha value is -2.42. The molecule has 0 spiro atoms. The summed E-state index contributed by atoms with van der Waals surface area (Å²) in [5, 5.41) is 12.6. The van der Waals surface area contributed by atoms with E-state index in [2.05, 4.69) is 15.8 Å². The second kappa shape index (κ2) is 4.84. The molecule has 2 N–H and O–H groups in total. The second-order valence-electron chi connectivity index (χ2n) is 3.24. The Morgan fingerprint density at radius 2 is 2.33 bits per heavy atom. The molecular formula is C9H8N4O4S. The predicted octanol–water partition coefficient (Wildman–Crippen LogP) is 1.77. The molecular weight excluding hydrogens is 260 g/mol. The topological polar surface area (TPSA) is 110 Å². The molecule has 0 aliphatic carbocycles. The zero-order valence-electron chi connectivity index (χ0n) is 9.17. The number of nitro groups is 1. The lowest BCUT2D eigenvalue weighted by Crippen LogP contribution is -2.26. The Balaban J connectivity index is 2.13. The Bertz CT molecular complexity index is 591. The fourth-order valence-electron chi connectivity index (χ4n) is 1.15. The number of rotatable bonds is 4. The van der Waals surface area contributed by atoms with E-state index in [1.54, 1.807) is 5.38 Å². The molecule has 94 valence electrons. The predicted molar refractivity (Wildman–Crippen MR) is 63.9 cm³/mol. The average Bonchev–Trinajstić information content (AvgIpc) is 2.95. The van der Waals surface area contributed by atoms with Gasteiger partial charge in [0, 0.05) is 12.3 Å². The van der Waals surface area contributed by atoms with Crippen molar-refractivity contribution in [1.29, 1.82) is 0 Å².